The largest absolute Gasteiger partial charge is 0.447 e. The van der Waals surface area contributed by atoms with Gasteiger partial charge in [0.05, 0.1) is 22.6 Å². The van der Waals surface area contributed by atoms with Gasteiger partial charge in [-0.2, -0.15) is 0 Å². The van der Waals surface area contributed by atoms with Gasteiger partial charge in [0.1, 0.15) is 12.1 Å². The summed E-state index contributed by atoms with van der Waals surface area (Å²) in [5, 5.41) is 4.62. The number of piperidine rings is 1. The molecule has 0 atom stereocenters. The van der Waals surface area contributed by atoms with Crippen molar-refractivity contribution in [2.45, 2.75) is 32.8 Å². The van der Waals surface area contributed by atoms with Crippen LogP contribution in [-0.4, -0.2) is 56.7 Å². The first-order valence-electron chi connectivity index (χ1n) is 12.4. The van der Waals surface area contributed by atoms with E-state index in [9.17, 15) is 4.79 Å². The molecule has 2 aromatic heterocycles. The fraction of sp³-hybridized carbons (Fsp3) is 0.321. The molecule has 0 unspecified atom stereocenters. The van der Waals surface area contributed by atoms with Crippen molar-refractivity contribution in [2.24, 2.45) is 5.92 Å². The number of aromatic nitrogens is 4. The summed E-state index contributed by atoms with van der Waals surface area (Å²) in [7, 11) is 0. The Balaban J connectivity index is 1.43. The number of benzene rings is 2. The van der Waals surface area contributed by atoms with Crippen LogP contribution >= 0.6 is 0 Å². The van der Waals surface area contributed by atoms with Crippen LogP contribution in [0.3, 0.4) is 0 Å². The number of amides is 1. The summed E-state index contributed by atoms with van der Waals surface area (Å²) >= 11 is 0. The van der Waals surface area contributed by atoms with Crippen LogP contribution in [0.4, 0.5) is 10.6 Å². The number of anilines is 1. The first-order chi connectivity index (χ1) is 17.6. The van der Waals surface area contributed by atoms with Crippen molar-refractivity contribution < 1.29 is 9.53 Å². The Morgan fingerprint density at radius 3 is 2.47 bits per heavy atom. The van der Waals surface area contributed by atoms with E-state index in [2.05, 4.69) is 33.5 Å². The van der Waals surface area contributed by atoms with Crippen LogP contribution in [0.1, 0.15) is 26.7 Å². The van der Waals surface area contributed by atoms with E-state index in [0.29, 0.717) is 24.8 Å². The van der Waals surface area contributed by atoms with Gasteiger partial charge in [0.2, 0.25) is 0 Å². The standard InChI is InChI=1S/C28H30N6O2/c1-19(2)36-28(35)34-13-11-20(12-14-34)15-31-27-25-23(21-7-4-3-5-8-21)9-6-10-24(25)32-26(33-27)22-16-29-18-30-17-22/h3-10,16-20H,11-15H2,1-2H3,(H,31,32,33). The molecule has 0 spiro atoms. The molecular formula is C28H30N6O2. The van der Waals surface area contributed by atoms with Gasteiger partial charge in [-0.15, -0.1) is 0 Å². The summed E-state index contributed by atoms with van der Waals surface area (Å²) in [6.07, 6.45) is 6.45. The Hall–Kier alpha value is -4.07. The fourth-order valence-electron chi connectivity index (χ4n) is 4.55. The van der Waals surface area contributed by atoms with Crippen molar-refractivity contribution in [3.05, 3.63) is 67.3 Å². The second-order valence-corrected chi connectivity index (χ2v) is 9.33. The summed E-state index contributed by atoms with van der Waals surface area (Å²) < 4.78 is 5.36. The van der Waals surface area contributed by atoms with Gasteiger partial charge in [-0.1, -0.05) is 42.5 Å². The highest BCUT2D eigenvalue weighted by atomic mass is 16.6. The maximum Gasteiger partial charge on any atom is 0.410 e. The minimum Gasteiger partial charge on any atom is -0.447 e. The fourth-order valence-corrected chi connectivity index (χ4v) is 4.55. The molecule has 0 aliphatic carbocycles. The molecule has 5 rings (SSSR count). The van der Waals surface area contributed by atoms with Crippen LogP contribution in [0.2, 0.25) is 0 Å². The van der Waals surface area contributed by atoms with E-state index < -0.39 is 0 Å². The molecule has 2 aromatic carbocycles. The van der Waals surface area contributed by atoms with Gasteiger partial charge in [-0.3, -0.25) is 0 Å². The van der Waals surface area contributed by atoms with Gasteiger partial charge < -0.3 is 15.0 Å². The molecule has 0 bridgehead atoms. The van der Waals surface area contributed by atoms with Crippen LogP contribution < -0.4 is 5.32 Å². The van der Waals surface area contributed by atoms with E-state index in [1.165, 1.54) is 6.33 Å². The van der Waals surface area contributed by atoms with E-state index in [1.807, 2.05) is 44.2 Å². The normalized spacial score (nSPS) is 14.2. The Morgan fingerprint density at radius 2 is 1.75 bits per heavy atom. The lowest BCUT2D eigenvalue weighted by atomic mass is 9.96. The molecule has 4 aromatic rings. The molecule has 1 aliphatic rings. The van der Waals surface area contributed by atoms with Gasteiger partial charge in [0.25, 0.3) is 0 Å². The summed E-state index contributed by atoms with van der Waals surface area (Å²) in [6.45, 7) is 5.90. The average molecular weight is 483 g/mol. The van der Waals surface area contributed by atoms with Crippen molar-refractivity contribution in [3.8, 4) is 22.5 Å². The number of nitrogens with zero attached hydrogens (tertiary/aromatic N) is 5. The maximum atomic E-state index is 12.2. The third-order valence-electron chi connectivity index (χ3n) is 6.39. The molecule has 0 radical (unpaired) electrons. The van der Waals surface area contributed by atoms with Crippen molar-refractivity contribution >= 4 is 22.8 Å². The zero-order chi connectivity index (χ0) is 24.9. The third kappa shape index (κ3) is 5.27. The smallest absolute Gasteiger partial charge is 0.410 e. The zero-order valence-corrected chi connectivity index (χ0v) is 20.6. The quantitative estimate of drug-likeness (QED) is 0.392. The lowest BCUT2D eigenvalue weighted by Crippen LogP contribution is -2.41. The van der Waals surface area contributed by atoms with Crippen LogP contribution in [0.5, 0.6) is 0 Å². The van der Waals surface area contributed by atoms with Crippen molar-refractivity contribution in [1.29, 1.82) is 0 Å². The minimum atomic E-state index is -0.222. The number of fused-ring (bicyclic) bond motifs is 1. The van der Waals surface area contributed by atoms with Gasteiger partial charge in [0, 0.05) is 32.0 Å². The summed E-state index contributed by atoms with van der Waals surface area (Å²) in [4.78, 5) is 32.1. The number of hydrogen-bond acceptors (Lipinski definition) is 7. The predicted octanol–water partition coefficient (Wildman–Crippen LogP) is 5.42. The third-order valence-corrected chi connectivity index (χ3v) is 6.39. The highest BCUT2D eigenvalue weighted by Gasteiger charge is 2.25. The minimum absolute atomic E-state index is 0.106. The van der Waals surface area contributed by atoms with Gasteiger partial charge in [-0.05, 0) is 49.8 Å². The van der Waals surface area contributed by atoms with E-state index in [1.54, 1.807) is 17.3 Å². The molecule has 8 heteroatoms. The number of carbonyl (C=O) groups is 1. The maximum absolute atomic E-state index is 12.2. The molecule has 1 fully saturated rings. The predicted molar refractivity (Wildman–Crippen MR) is 140 cm³/mol. The number of rotatable bonds is 6. The number of nitrogens with one attached hydrogen (secondary N) is 1. The monoisotopic (exact) mass is 482 g/mol. The lowest BCUT2D eigenvalue weighted by molar-refractivity contribution is 0.0661. The molecule has 184 valence electrons. The van der Waals surface area contributed by atoms with Crippen LogP contribution in [-0.2, 0) is 4.74 Å². The van der Waals surface area contributed by atoms with Crippen LogP contribution in [0, 0.1) is 5.92 Å². The first kappa shape index (κ1) is 23.7. The highest BCUT2D eigenvalue weighted by molar-refractivity contribution is 6.02. The molecule has 1 aliphatic heterocycles. The second-order valence-electron chi connectivity index (χ2n) is 9.33. The SMILES string of the molecule is CC(C)OC(=O)N1CCC(CNc2nc(-c3cncnc3)nc3cccc(-c4ccccc4)c23)CC1. The van der Waals surface area contributed by atoms with E-state index >= 15 is 0 Å². The molecular weight excluding hydrogens is 452 g/mol. The van der Waals surface area contributed by atoms with Gasteiger partial charge >= 0.3 is 6.09 Å². The van der Waals surface area contributed by atoms with Crippen molar-refractivity contribution in [3.63, 3.8) is 0 Å². The Kier molecular flexibility index (Phi) is 7.02. The Labute approximate surface area is 210 Å². The van der Waals surface area contributed by atoms with E-state index in [-0.39, 0.29) is 12.2 Å². The Bertz CT molecular complexity index is 1320. The van der Waals surface area contributed by atoms with Crippen molar-refractivity contribution in [1.82, 2.24) is 24.8 Å². The number of likely N-dealkylation sites (tertiary alicyclic amines) is 1. The van der Waals surface area contributed by atoms with Crippen molar-refractivity contribution in [2.75, 3.05) is 25.0 Å². The molecule has 36 heavy (non-hydrogen) atoms. The van der Waals surface area contributed by atoms with E-state index in [4.69, 9.17) is 14.7 Å². The summed E-state index contributed by atoms with van der Waals surface area (Å²) in [5.74, 6) is 1.80. The molecule has 1 amide bonds. The number of hydrogen-bond donors (Lipinski definition) is 1. The average Bonchev–Trinajstić information content (AvgIpc) is 2.92. The lowest BCUT2D eigenvalue weighted by Gasteiger charge is -2.32. The highest BCUT2D eigenvalue weighted by Crippen LogP contribution is 2.34. The molecule has 3 heterocycles. The van der Waals surface area contributed by atoms with Crippen LogP contribution in [0.15, 0.2) is 67.3 Å². The van der Waals surface area contributed by atoms with E-state index in [0.717, 1.165) is 52.8 Å². The number of ether oxygens (including phenoxy) is 1. The zero-order valence-electron chi connectivity index (χ0n) is 20.6. The Morgan fingerprint density at radius 1 is 1.00 bits per heavy atom. The molecule has 0 saturated carbocycles. The molecule has 1 saturated heterocycles. The summed E-state index contributed by atoms with van der Waals surface area (Å²) in [5.41, 5.74) is 3.82. The molecule has 1 N–H and O–H groups in total. The summed E-state index contributed by atoms with van der Waals surface area (Å²) in [6, 6.07) is 16.4. The van der Waals surface area contributed by atoms with Gasteiger partial charge in [0.15, 0.2) is 5.82 Å². The van der Waals surface area contributed by atoms with Gasteiger partial charge in [-0.25, -0.2) is 24.7 Å². The topological polar surface area (TPSA) is 93.1 Å². The van der Waals surface area contributed by atoms with Crippen LogP contribution in [0.25, 0.3) is 33.4 Å². The second kappa shape index (κ2) is 10.7. The molecule has 8 nitrogen and oxygen atoms in total. The number of carbonyl (C=O) groups excluding carboxylic acids is 1. The first-order valence-corrected chi connectivity index (χ1v) is 12.4.